The standard InChI is InChI=1S/C24H16ClFO5/c1-13-20(31-24(28)14-6-8-15(29-2)9-7-14)11-10-16-22(27)21(30-23(13)16)12-17-18(25)4-3-5-19(17)26/h3-12H,1-2H3/b21-12-. The summed E-state index contributed by atoms with van der Waals surface area (Å²) in [4.78, 5) is 25.2. The van der Waals surface area contributed by atoms with E-state index in [1.807, 2.05) is 0 Å². The fourth-order valence-corrected chi connectivity index (χ4v) is 3.36. The normalized spacial score (nSPS) is 13.7. The number of carbonyl (C=O) groups is 2. The molecule has 0 radical (unpaired) electrons. The maximum Gasteiger partial charge on any atom is 0.343 e. The number of hydrogen-bond acceptors (Lipinski definition) is 5. The molecular formula is C24H16ClFO5. The average molecular weight is 439 g/mol. The lowest BCUT2D eigenvalue weighted by Crippen LogP contribution is -2.09. The van der Waals surface area contributed by atoms with Crippen LogP contribution in [0.15, 0.2) is 60.4 Å². The van der Waals surface area contributed by atoms with Crippen LogP contribution in [-0.4, -0.2) is 18.9 Å². The minimum Gasteiger partial charge on any atom is -0.497 e. The molecule has 0 saturated carbocycles. The highest BCUT2D eigenvalue weighted by atomic mass is 35.5. The largest absolute Gasteiger partial charge is 0.497 e. The van der Waals surface area contributed by atoms with Crippen molar-refractivity contribution in [3.05, 3.63) is 93.5 Å². The van der Waals surface area contributed by atoms with Gasteiger partial charge in [0, 0.05) is 11.1 Å². The van der Waals surface area contributed by atoms with E-state index in [0.717, 1.165) is 0 Å². The molecule has 3 aromatic carbocycles. The van der Waals surface area contributed by atoms with E-state index in [0.29, 0.717) is 22.4 Å². The first-order valence-electron chi connectivity index (χ1n) is 9.27. The van der Waals surface area contributed by atoms with Gasteiger partial charge in [0.05, 0.1) is 23.3 Å². The van der Waals surface area contributed by atoms with Gasteiger partial charge in [-0.05, 0) is 61.5 Å². The third-order valence-corrected chi connectivity index (χ3v) is 5.17. The number of rotatable bonds is 4. The molecule has 1 aliphatic heterocycles. The SMILES string of the molecule is COc1ccc(C(=O)Oc2ccc3c(c2C)O/C(=C\c2c(F)cccc2Cl)C3=O)cc1. The molecule has 0 amide bonds. The predicted molar refractivity (Wildman–Crippen MR) is 113 cm³/mol. The molecule has 0 saturated heterocycles. The topological polar surface area (TPSA) is 61.8 Å². The van der Waals surface area contributed by atoms with Gasteiger partial charge >= 0.3 is 5.97 Å². The predicted octanol–water partition coefficient (Wildman–Crippen LogP) is 5.63. The highest BCUT2D eigenvalue weighted by molar-refractivity contribution is 6.32. The Morgan fingerprint density at radius 2 is 1.84 bits per heavy atom. The minimum absolute atomic E-state index is 0.0594. The molecule has 3 aromatic rings. The van der Waals surface area contributed by atoms with Gasteiger partial charge in [0.15, 0.2) is 5.76 Å². The molecule has 0 aliphatic carbocycles. The Balaban J connectivity index is 1.61. The van der Waals surface area contributed by atoms with Gasteiger partial charge in [-0.15, -0.1) is 0 Å². The maximum atomic E-state index is 14.1. The number of halogens is 2. The van der Waals surface area contributed by atoms with Crippen LogP contribution >= 0.6 is 11.6 Å². The molecule has 1 heterocycles. The van der Waals surface area contributed by atoms with Crippen LogP contribution in [0.2, 0.25) is 5.02 Å². The van der Waals surface area contributed by atoms with Gasteiger partial charge in [0.1, 0.15) is 23.1 Å². The molecular weight excluding hydrogens is 423 g/mol. The molecule has 31 heavy (non-hydrogen) atoms. The summed E-state index contributed by atoms with van der Waals surface area (Å²) in [6.45, 7) is 1.67. The van der Waals surface area contributed by atoms with Gasteiger partial charge in [-0.2, -0.15) is 0 Å². The van der Waals surface area contributed by atoms with Crippen molar-refractivity contribution >= 4 is 29.4 Å². The molecule has 0 unspecified atom stereocenters. The molecule has 156 valence electrons. The van der Waals surface area contributed by atoms with Crippen LogP contribution in [0.4, 0.5) is 4.39 Å². The second kappa shape index (κ2) is 8.24. The molecule has 0 fully saturated rings. The highest BCUT2D eigenvalue weighted by Gasteiger charge is 2.31. The van der Waals surface area contributed by atoms with E-state index in [4.69, 9.17) is 25.8 Å². The monoisotopic (exact) mass is 438 g/mol. The number of ketones is 1. The van der Waals surface area contributed by atoms with Crippen molar-refractivity contribution in [2.75, 3.05) is 7.11 Å². The van der Waals surface area contributed by atoms with E-state index < -0.39 is 17.6 Å². The van der Waals surface area contributed by atoms with Crippen molar-refractivity contribution in [1.82, 2.24) is 0 Å². The quantitative estimate of drug-likeness (QED) is 0.300. The van der Waals surface area contributed by atoms with Crippen molar-refractivity contribution in [3.8, 4) is 17.2 Å². The molecule has 0 bridgehead atoms. The number of benzene rings is 3. The van der Waals surface area contributed by atoms with Crippen molar-refractivity contribution in [1.29, 1.82) is 0 Å². The number of ether oxygens (including phenoxy) is 3. The van der Waals surface area contributed by atoms with E-state index in [-0.39, 0.29) is 27.8 Å². The number of Topliss-reactive ketones (excluding diaryl/α,β-unsaturated/α-hetero) is 1. The van der Waals surface area contributed by atoms with Gasteiger partial charge in [-0.25, -0.2) is 9.18 Å². The fraction of sp³-hybridized carbons (Fsp3) is 0.0833. The van der Waals surface area contributed by atoms with Gasteiger partial charge < -0.3 is 14.2 Å². The molecule has 0 aromatic heterocycles. The lowest BCUT2D eigenvalue weighted by Gasteiger charge is -2.10. The first kappa shape index (κ1) is 20.6. The number of methoxy groups -OCH3 is 1. The second-order valence-electron chi connectivity index (χ2n) is 6.76. The van der Waals surface area contributed by atoms with E-state index in [2.05, 4.69) is 0 Å². The third kappa shape index (κ3) is 3.90. The van der Waals surface area contributed by atoms with E-state index in [1.54, 1.807) is 31.2 Å². The smallest absolute Gasteiger partial charge is 0.343 e. The van der Waals surface area contributed by atoms with Gasteiger partial charge in [-0.1, -0.05) is 17.7 Å². The molecule has 1 aliphatic rings. The minimum atomic E-state index is -0.571. The maximum absolute atomic E-state index is 14.1. The van der Waals surface area contributed by atoms with E-state index >= 15 is 0 Å². The van der Waals surface area contributed by atoms with Gasteiger partial charge in [0.2, 0.25) is 5.78 Å². The summed E-state index contributed by atoms with van der Waals surface area (Å²) in [6, 6.07) is 13.7. The number of hydrogen-bond donors (Lipinski definition) is 0. The van der Waals surface area contributed by atoms with E-state index in [1.165, 1.54) is 43.5 Å². The van der Waals surface area contributed by atoms with Crippen LogP contribution in [0.3, 0.4) is 0 Å². The fourth-order valence-electron chi connectivity index (χ4n) is 3.14. The highest BCUT2D eigenvalue weighted by Crippen LogP contribution is 2.40. The summed E-state index contributed by atoms with van der Waals surface area (Å²) in [6.07, 6.45) is 1.27. The molecule has 7 heteroatoms. The number of allylic oxidation sites excluding steroid dienone is 1. The molecule has 5 nitrogen and oxygen atoms in total. The Bertz CT molecular complexity index is 1210. The van der Waals surface area contributed by atoms with E-state index in [9.17, 15) is 14.0 Å². The van der Waals surface area contributed by atoms with Crippen molar-refractivity contribution in [2.24, 2.45) is 0 Å². The number of carbonyl (C=O) groups excluding carboxylic acids is 2. The van der Waals surface area contributed by atoms with Gasteiger partial charge in [0.25, 0.3) is 0 Å². The zero-order valence-corrected chi connectivity index (χ0v) is 17.3. The summed E-state index contributed by atoms with van der Waals surface area (Å²) in [5.74, 6) is -0.496. The summed E-state index contributed by atoms with van der Waals surface area (Å²) >= 11 is 6.04. The van der Waals surface area contributed by atoms with Crippen LogP contribution in [0, 0.1) is 12.7 Å². The zero-order valence-electron chi connectivity index (χ0n) is 16.6. The molecule has 4 rings (SSSR count). The third-order valence-electron chi connectivity index (χ3n) is 4.84. The average Bonchev–Trinajstić information content (AvgIpc) is 3.09. The molecule has 0 atom stereocenters. The summed E-state index contributed by atoms with van der Waals surface area (Å²) in [5.41, 5.74) is 1.16. The Labute approximate surface area is 182 Å². The molecule has 0 N–H and O–H groups in total. The lowest BCUT2D eigenvalue weighted by molar-refractivity contribution is 0.0733. The first-order valence-corrected chi connectivity index (χ1v) is 9.65. The van der Waals surface area contributed by atoms with Crippen LogP contribution in [0.1, 0.15) is 31.8 Å². The Kier molecular flexibility index (Phi) is 5.48. The van der Waals surface area contributed by atoms with Crippen LogP contribution in [0.25, 0.3) is 6.08 Å². The van der Waals surface area contributed by atoms with Gasteiger partial charge in [-0.3, -0.25) is 4.79 Å². The number of esters is 1. The van der Waals surface area contributed by atoms with Crippen molar-refractivity contribution in [3.63, 3.8) is 0 Å². The summed E-state index contributed by atoms with van der Waals surface area (Å²) < 4.78 is 30.4. The first-order chi connectivity index (χ1) is 14.9. The Morgan fingerprint density at radius 1 is 1.10 bits per heavy atom. The van der Waals surface area contributed by atoms with Crippen LogP contribution < -0.4 is 14.2 Å². The summed E-state index contributed by atoms with van der Waals surface area (Å²) in [5, 5.41) is 0.158. The second-order valence-corrected chi connectivity index (χ2v) is 7.17. The Morgan fingerprint density at radius 3 is 2.52 bits per heavy atom. The number of fused-ring (bicyclic) bond motifs is 1. The van der Waals surface area contributed by atoms with Crippen molar-refractivity contribution in [2.45, 2.75) is 6.92 Å². The lowest BCUT2D eigenvalue weighted by atomic mass is 10.1. The van der Waals surface area contributed by atoms with Crippen LogP contribution in [-0.2, 0) is 0 Å². The summed E-state index contributed by atoms with van der Waals surface area (Å²) in [7, 11) is 1.53. The molecule has 0 spiro atoms. The van der Waals surface area contributed by atoms with Crippen LogP contribution in [0.5, 0.6) is 17.2 Å². The Hall–Kier alpha value is -3.64. The zero-order chi connectivity index (χ0) is 22.1. The van der Waals surface area contributed by atoms with Crippen molar-refractivity contribution < 1.29 is 28.2 Å².